The molecule has 0 bridgehead atoms. The topological polar surface area (TPSA) is 90.4 Å². The molecule has 1 spiro atoms. The molecule has 0 radical (unpaired) electrons. The van der Waals surface area contributed by atoms with Gasteiger partial charge in [0, 0.05) is 38.5 Å². The monoisotopic (exact) mass is 557 g/mol. The summed E-state index contributed by atoms with van der Waals surface area (Å²) in [6.07, 6.45) is 10.2. The second kappa shape index (κ2) is 10.7. The number of rotatable bonds is 8. The molecule has 41 heavy (non-hydrogen) atoms. The normalized spacial score (nSPS) is 31.0. The number of amides is 3. The number of carbonyl (C=O) groups is 3. The first kappa shape index (κ1) is 27.7. The molecular weight excluding hydrogens is 518 g/mol. The van der Waals surface area contributed by atoms with E-state index in [4.69, 9.17) is 4.74 Å². The maximum Gasteiger partial charge on any atom is 0.253 e. The van der Waals surface area contributed by atoms with Crippen molar-refractivity contribution in [2.45, 2.75) is 56.8 Å². The number of aliphatic hydroxyl groups excluding tert-OH is 1. The zero-order chi connectivity index (χ0) is 28.8. The first-order chi connectivity index (χ1) is 19.9. The molecule has 2 aromatic carbocycles. The van der Waals surface area contributed by atoms with Crippen molar-refractivity contribution >= 4 is 34.2 Å². The van der Waals surface area contributed by atoms with Gasteiger partial charge < -0.3 is 24.5 Å². The summed E-state index contributed by atoms with van der Waals surface area (Å²) in [6.45, 7) is 5.75. The minimum Gasteiger partial charge on any atom is -0.396 e. The van der Waals surface area contributed by atoms with E-state index in [1.807, 2.05) is 85.5 Å². The van der Waals surface area contributed by atoms with Crippen LogP contribution in [-0.2, 0) is 19.1 Å². The summed E-state index contributed by atoms with van der Waals surface area (Å²) in [5, 5.41) is 11.6. The predicted molar refractivity (Wildman–Crippen MR) is 157 cm³/mol. The van der Waals surface area contributed by atoms with Gasteiger partial charge in [0.25, 0.3) is 5.91 Å². The third kappa shape index (κ3) is 4.22. The lowest BCUT2D eigenvalue weighted by Gasteiger charge is -2.38. The molecule has 2 fully saturated rings. The van der Waals surface area contributed by atoms with Gasteiger partial charge in [-0.15, -0.1) is 0 Å². The van der Waals surface area contributed by atoms with Crippen molar-refractivity contribution in [1.82, 2.24) is 9.80 Å². The van der Waals surface area contributed by atoms with E-state index in [9.17, 15) is 19.5 Å². The standard InChI is InChI=1S/C33H39N3O5/c1-3-17-34-18-9-15-32(4-2)26(29(34)38)27-30(39)36(19-7-8-21-37)28-31(40)35(20-10-16-33(27,28)41-32)25-14-13-23-11-5-6-12-24(23)22-25/h5-6,9-16,22,26-28,37H,3-4,7-8,17-21H2,1-2H3/t26-,27+,28?,32+,33+/m1/s1. The van der Waals surface area contributed by atoms with Gasteiger partial charge in [0.1, 0.15) is 11.6 Å². The first-order valence-corrected chi connectivity index (χ1v) is 15.0. The molecule has 0 aliphatic carbocycles. The van der Waals surface area contributed by atoms with Crippen molar-refractivity contribution in [1.29, 1.82) is 0 Å². The van der Waals surface area contributed by atoms with Gasteiger partial charge >= 0.3 is 0 Å². The highest BCUT2D eigenvalue weighted by Crippen LogP contribution is 2.58. The number of aliphatic hydroxyl groups is 1. The molecule has 2 saturated heterocycles. The fraction of sp³-hybridized carbons (Fsp3) is 0.485. The zero-order valence-corrected chi connectivity index (χ0v) is 23.9. The highest BCUT2D eigenvalue weighted by molar-refractivity contribution is 6.06. The van der Waals surface area contributed by atoms with Crippen LogP contribution in [0.5, 0.6) is 0 Å². The second-order valence-electron chi connectivity index (χ2n) is 11.7. The molecule has 5 atom stereocenters. The maximum absolute atomic E-state index is 14.7. The molecule has 0 aromatic heterocycles. The van der Waals surface area contributed by atoms with Crippen LogP contribution < -0.4 is 4.90 Å². The molecular formula is C33H39N3O5. The summed E-state index contributed by atoms with van der Waals surface area (Å²) in [4.78, 5) is 48.4. The third-order valence-electron chi connectivity index (χ3n) is 9.37. The summed E-state index contributed by atoms with van der Waals surface area (Å²) in [5.74, 6) is -2.05. The summed E-state index contributed by atoms with van der Waals surface area (Å²) >= 11 is 0. The van der Waals surface area contributed by atoms with Crippen LogP contribution in [0.2, 0.25) is 0 Å². The third-order valence-corrected chi connectivity index (χ3v) is 9.37. The Balaban J connectivity index is 1.46. The molecule has 0 saturated carbocycles. The Bertz CT molecular complexity index is 1420. The molecule has 1 N–H and O–H groups in total. The van der Waals surface area contributed by atoms with Crippen molar-refractivity contribution in [3.05, 3.63) is 66.8 Å². The highest BCUT2D eigenvalue weighted by atomic mass is 16.5. The summed E-state index contributed by atoms with van der Waals surface area (Å²) in [7, 11) is 0. The number of fused-ring (bicyclic) bond motifs is 3. The summed E-state index contributed by atoms with van der Waals surface area (Å²) in [5.41, 5.74) is -1.49. The molecule has 8 nitrogen and oxygen atoms in total. The van der Waals surface area contributed by atoms with Crippen molar-refractivity contribution in [2.75, 3.05) is 37.7 Å². The smallest absolute Gasteiger partial charge is 0.253 e. The summed E-state index contributed by atoms with van der Waals surface area (Å²) < 4.78 is 7.03. The molecule has 4 heterocycles. The van der Waals surface area contributed by atoms with Crippen LogP contribution in [-0.4, -0.2) is 82.7 Å². The van der Waals surface area contributed by atoms with Gasteiger partial charge in [0.05, 0.1) is 17.4 Å². The van der Waals surface area contributed by atoms with Crippen LogP contribution in [0.1, 0.15) is 39.5 Å². The largest absolute Gasteiger partial charge is 0.396 e. The number of carbonyl (C=O) groups excluding carboxylic acids is 3. The number of anilines is 1. The van der Waals surface area contributed by atoms with Gasteiger partial charge in [0.15, 0.2) is 0 Å². The van der Waals surface area contributed by atoms with Crippen molar-refractivity contribution in [3.8, 4) is 0 Å². The highest BCUT2D eigenvalue weighted by Gasteiger charge is 2.75. The average molecular weight is 558 g/mol. The van der Waals surface area contributed by atoms with Gasteiger partial charge in [0.2, 0.25) is 11.8 Å². The SMILES string of the molecule is CCCN1CC=C[C@]2(CC)O[C@]34C=CCN(c5ccc6ccccc6c5)C(=O)C3N(CCCCO)C(=O)[C@@H]4[C@@H]2C1=O. The van der Waals surface area contributed by atoms with Crippen LogP contribution in [0.4, 0.5) is 5.69 Å². The molecule has 8 heteroatoms. The van der Waals surface area contributed by atoms with Crippen LogP contribution in [0.25, 0.3) is 10.8 Å². The molecule has 4 aliphatic rings. The second-order valence-corrected chi connectivity index (χ2v) is 11.7. The molecule has 216 valence electrons. The number of nitrogens with zero attached hydrogens (tertiary/aromatic N) is 3. The Hall–Kier alpha value is -3.49. The Labute approximate surface area is 241 Å². The van der Waals surface area contributed by atoms with Crippen molar-refractivity contribution in [3.63, 3.8) is 0 Å². The number of benzene rings is 2. The van der Waals surface area contributed by atoms with Crippen LogP contribution in [0.3, 0.4) is 0 Å². The van der Waals surface area contributed by atoms with E-state index >= 15 is 0 Å². The lowest BCUT2D eigenvalue weighted by Crippen LogP contribution is -2.56. The van der Waals surface area contributed by atoms with E-state index < -0.39 is 29.1 Å². The fourth-order valence-electron chi connectivity index (χ4n) is 7.49. The predicted octanol–water partition coefficient (Wildman–Crippen LogP) is 3.68. The van der Waals surface area contributed by atoms with E-state index in [2.05, 4.69) is 0 Å². The van der Waals surface area contributed by atoms with E-state index in [0.29, 0.717) is 45.4 Å². The number of ether oxygens (including phenoxy) is 1. The average Bonchev–Trinajstić information content (AvgIpc) is 3.27. The molecule has 1 unspecified atom stereocenters. The van der Waals surface area contributed by atoms with Gasteiger partial charge in [-0.25, -0.2) is 0 Å². The minimum absolute atomic E-state index is 0.00562. The molecule has 6 rings (SSSR count). The maximum atomic E-state index is 14.7. The number of likely N-dealkylation sites (tertiary alicyclic amines) is 1. The van der Waals surface area contributed by atoms with E-state index in [0.717, 1.165) is 22.9 Å². The van der Waals surface area contributed by atoms with Crippen LogP contribution in [0, 0.1) is 11.8 Å². The van der Waals surface area contributed by atoms with Crippen LogP contribution in [0.15, 0.2) is 66.8 Å². The Morgan fingerprint density at radius 2 is 1.66 bits per heavy atom. The minimum atomic E-state index is -1.27. The number of hydrogen-bond acceptors (Lipinski definition) is 5. The number of hydrogen-bond donors (Lipinski definition) is 1. The molecule has 3 amide bonds. The molecule has 2 aromatic rings. The molecule has 4 aliphatic heterocycles. The van der Waals surface area contributed by atoms with Gasteiger partial charge in [-0.1, -0.05) is 68.5 Å². The first-order valence-electron chi connectivity index (χ1n) is 15.0. The lowest BCUT2D eigenvalue weighted by atomic mass is 9.73. The van der Waals surface area contributed by atoms with Crippen LogP contribution >= 0.6 is 0 Å². The van der Waals surface area contributed by atoms with Crippen molar-refractivity contribution < 1.29 is 24.2 Å². The van der Waals surface area contributed by atoms with Crippen molar-refractivity contribution in [2.24, 2.45) is 11.8 Å². The summed E-state index contributed by atoms with van der Waals surface area (Å²) in [6, 6.07) is 13.1. The van der Waals surface area contributed by atoms with E-state index in [1.165, 1.54) is 0 Å². The Kier molecular flexibility index (Phi) is 7.24. The zero-order valence-electron chi connectivity index (χ0n) is 23.9. The number of unbranched alkanes of at least 4 members (excludes halogenated alkanes) is 1. The van der Waals surface area contributed by atoms with Gasteiger partial charge in [-0.05, 0) is 48.6 Å². The van der Waals surface area contributed by atoms with Gasteiger partial charge in [-0.2, -0.15) is 0 Å². The van der Waals surface area contributed by atoms with E-state index in [1.54, 1.807) is 9.80 Å². The quantitative estimate of drug-likeness (QED) is 0.395. The Morgan fingerprint density at radius 3 is 2.41 bits per heavy atom. The van der Waals surface area contributed by atoms with Gasteiger partial charge in [-0.3, -0.25) is 14.4 Å². The lowest BCUT2D eigenvalue weighted by molar-refractivity contribution is -0.150. The fourth-order valence-corrected chi connectivity index (χ4v) is 7.49. The Morgan fingerprint density at radius 1 is 0.878 bits per heavy atom. The van der Waals surface area contributed by atoms with E-state index in [-0.39, 0.29) is 24.3 Å².